The Labute approximate surface area is 224 Å². The summed E-state index contributed by atoms with van der Waals surface area (Å²) in [6, 6.07) is 0. The van der Waals surface area contributed by atoms with Crippen molar-refractivity contribution in [2.45, 2.75) is 45.6 Å². The third-order valence-electron chi connectivity index (χ3n) is 7.84. The molecule has 9 heteroatoms. The van der Waals surface area contributed by atoms with E-state index in [1.165, 1.54) is 5.57 Å². The summed E-state index contributed by atoms with van der Waals surface area (Å²) in [6.07, 6.45) is 12.2. The largest absolute Gasteiger partial charge is 0.482 e. The first kappa shape index (κ1) is 27.9. The van der Waals surface area contributed by atoms with Crippen LogP contribution in [0.1, 0.15) is 40.0 Å². The van der Waals surface area contributed by atoms with Crippen molar-refractivity contribution < 1.29 is 28.6 Å². The Hall–Kier alpha value is -3.17. The summed E-state index contributed by atoms with van der Waals surface area (Å²) in [5.41, 5.74) is 7.81. The van der Waals surface area contributed by atoms with Gasteiger partial charge < -0.3 is 24.8 Å². The van der Waals surface area contributed by atoms with Crippen molar-refractivity contribution in [3.05, 3.63) is 58.6 Å². The molecule has 2 aliphatic carbocycles. The van der Waals surface area contributed by atoms with Crippen LogP contribution in [0.5, 0.6) is 0 Å². The average Bonchev–Trinajstić information content (AvgIpc) is 3.16. The molecule has 1 fully saturated rings. The topological polar surface area (TPSA) is 111 Å². The Balaban J connectivity index is 1.56. The molecule has 0 spiro atoms. The summed E-state index contributed by atoms with van der Waals surface area (Å²) in [5, 5.41) is 0. The number of ether oxygens (including phenoxy) is 3. The molecule has 2 unspecified atom stereocenters. The zero-order valence-electron chi connectivity index (χ0n) is 22.7. The molecule has 0 aromatic heterocycles. The van der Waals surface area contributed by atoms with E-state index in [2.05, 4.69) is 41.9 Å². The van der Waals surface area contributed by atoms with E-state index in [1.807, 2.05) is 13.0 Å². The van der Waals surface area contributed by atoms with Gasteiger partial charge in [0.1, 0.15) is 12.4 Å². The Morgan fingerprint density at radius 3 is 2.66 bits per heavy atom. The number of fused-ring (bicyclic) bond motifs is 1. The minimum atomic E-state index is -1.01. The summed E-state index contributed by atoms with van der Waals surface area (Å²) in [5.74, 6) is -1.47. The number of rotatable bonds is 11. The number of amides is 1. The SMILES string of the molecule is CCC1=C(C(=O)C(N)=O)C2=C(OCC(=O)OCCN3CCOCC3)C=CCC2(C)N1CC1=CC=CCC1C. The molecular formula is C29H39N3O6. The average molecular weight is 526 g/mol. The zero-order valence-corrected chi connectivity index (χ0v) is 22.7. The van der Waals surface area contributed by atoms with Gasteiger partial charge in [0.25, 0.3) is 11.7 Å². The minimum Gasteiger partial charge on any atom is -0.482 e. The normalized spacial score (nSPS) is 25.4. The van der Waals surface area contributed by atoms with Crippen molar-refractivity contribution in [3.8, 4) is 0 Å². The molecule has 9 nitrogen and oxygen atoms in total. The highest BCUT2D eigenvalue weighted by atomic mass is 16.6. The smallest absolute Gasteiger partial charge is 0.344 e. The van der Waals surface area contributed by atoms with Crippen LogP contribution in [-0.2, 0) is 28.6 Å². The molecule has 1 amide bonds. The van der Waals surface area contributed by atoms with E-state index < -0.39 is 23.2 Å². The van der Waals surface area contributed by atoms with Gasteiger partial charge in [0.2, 0.25) is 0 Å². The lowest BCUT2D eigenvalue weighted by Gasteiger charge is -2.42. The fourth-order valence-corrected chi connectivity index (χ4v) is 5.66. The van der Waals surface area contributed by atoms with Gasteiger partial charge in [0, 0.05) is 37.4 Å². The molecule has 2 atom stereocenters. The first-order valence-electron chi connectivity index (χ1n) is 13.5. The molecule has 0 saturated carbocycles. The lowest BCUT2D eigenvalue weighted by molar-refractivity contribution is -0.148. The second kappa shape index (κ2) is 12.1. The quantitative estimate of drug-likeness (QED) is 0.323. The summed E-state index contributed by atoms with van der Waals surface area (Å²) < 4.78 is 16.7. The molecule has 38 heavy (non-hydrogen) atoms. The highest BCUT2D eigenvalue weighted by Gasteiger charge is 2.50. The van der Waals surface area contributed by atoms with Crippen LogP contribution in [0.25, 0.3) is 0 Å². The molecular weight excluding hydrogens is 486 g/mol. The number of nitrogens with zero attached hydrogens (tertiary/aromatic N) is 2. The van der Waals surface area contributed by atoms with E-state index in [4.69, 9.17) is 19.9 Å². The van der Waals surface area contributed by atoms with Crippen LogP contribution < -0.4 is 5.73 Å². The Morgan fingerprint density at radius 2 is 1.97 bits per heavy atom. The number of carbonyl (C=O) groups excluding carboxylic acids is 3. The molecule has 206 valence electrons. The van der Waals surface area contributed by atoms with Crippen LogP contribution in [0.2, 0.25) is 0 Å². The molecule has 0 aromatic carbocycles. The predicted octanol–water partition coefficient (Wildman–Crippen LogP) is 2.41. The minimum absolute atomic E-state index is 0.266. The summed E-state index contributed by atoms with van der Waals surface area (Å²) in [7, 11) is 0. The standard InChI is InChI=1S/C29H39N3O6/c1-4-22-25(27(34)28(30)35)26-23(38-19-24(33)37-17-14-31-12-15-36-16-13-31)10-7-11-29(26,3)32(22)18-21-9-6-5-8-20(21)2/h5-7,9-10,20H,4,8,11-19H2,1-3H3,(H2,30,35). The van der Waals surface area contributed by atoms with Gasteiger partial charge in [-0.15, -0.1) is 0 Å². The number of allylic oxidation sites excluding steroid dienone is 5. The number of primary amides is 1. The number of esters is 1. The van der Waals surface area contributed by atoms with Crippen LogP contribution in [0.4, 0.5) is 0 Å². The van der Waals surface area contributed by atoms with Gasteiger partial charge in [-0.2, -0.15) is 0 Å². The maximum Gasteiger partial charge on any atom is 0.344 e. The summed E-state index contributed by atoms with van der Waals surface area (Å²) in [4.78, 5) is 42.2. The van der Waals surface area contributed by atoms with Gasteiger partial charge in [-0.1, -0.05) is 38.2 Å². The molecule has 0 bridgehead atoms. The lowest BCUT2D eigenvalue weighted by atomic mass is 9.80. The number of ketones is 1. The monoisotopic (exact) mass is 525 g/mol. The van der Waals surface area contributed by atoms with Gasteiger partial charge in [-0.05, 0) is 43.8 Å². The molecule has 2 aliphatic heterocycles. The van der Waals surface area contributed by atoms with E-state index in [-0.39, 0.29) is 13.2 Å². The van der Waals surface area contributed by atoms with E-state index in [1.54, 1.807) is 6.08 Å². The third kappa shape index (κ3) is 5.78. The third-order valence-corrected chi connectivity index (χ3v) is 7.84. The molecule has 4 aliphatic rings. The number of hydrogen-bond donors (Lipinski definition) is 1. The summed E-state index contributed by atoms with van der Waals surface area (Å²) >= 11 is 0. The Morgan fingerprint density at radius 1 is 1.21 bits per heavy atom. The highest BCUT2D eigenvalue weighted by molar-refractivity contribution is 6.43. The van der Waals surface area contributed by atoms with Gasteiger partial charge in [-0.25, -0.2) is 4.79 Å². The fourth-order valence-electron chi connectivity index (χ4n) is 5.66. The molecule has 0 aromatic rings. The first-order valence-corrected chi connectivity index (χ1v) is 13.5. The van der Waals surface area contributed by atoms with Crippen LogP contribution >= 0.6 is 0 Å². The highest BCUT2D eigenvalue weighted by Crippen LogP contribution is 2.49. The number of nitrogens with two attached hydrogens (primary N) is 1. The molecule has 2 N–H and O–H groups in total. The van der Waals surface area contributed by atoms with Gasteiger partial charge in [0.15, 0.2) is 6.61 Å². The Bertz CT molecular complexity index is 1110. The van der Waals surface area contributed by atoms with Crippen LogP contribution in [0.3, 0.4) is 0 Å². The zero-order chi connectivity index (χ0) is 27.3. The lowest BCUT2D eigenvalue weighted by Crippen LogP contribution is -2.45. The van der Waals surface area contributed by atoms with Crippen molar-refractivity contribution in [1.29, 1.82) is 0 Å². The van der Waals surface area contributed by atoms with E-state index in [0.29, 0.717) is 62.0 Å². The van der Waals surface area contributed by atoms with E-state index >= 15 is 0 Å². The molecule has 2 heterocycles. The molecule has 1 saturated heterocycles. The van der Waals surface area contributed by atoms with Crippen LogP contribution in [-0.4, -0.2) is 85.6 Å². The van der Waals surface area contributed by atoms with Gasteiger partial charge in [-0.3, -0.25) is 14.5 Å². The summed E-state index contributed by atoms with van der Waals surface area (Å²) in [6.45, 7) is 10.4. The van der Waals surface area contributed by atoms with Crippen molar-refractivity contribution in [3.63, 3.8) is 0 Å². The number of Topliss-reactive ketones (excluding diaryl/α,β-unsaturated/α-hetero) is 1. The van der Waals surface area contributed by atoms with Crippen LogP contribution in [0, 0.1) is 5.92 Å². The molecule has 0 radical (unpaired) electrons. The van der Waals surface area contributed by atoms with Gasteiger partial charge in [0.05, 0.1) is 24.3 Å². The number of hydrogen-bond acceptors (Lipinski definition) is 8. The fraction of sp³-hybridized carbons (Fsp3) is 0.552. The number of carbonyl (C=O) groups is 3. The van der Waals surface area contributed by atoms with Crippen molar-refractivity contribution in [1.82, 2.24) is 9.80 Å². The van der Waals surface area contributed by atoms with Crippen molar-refractivity contribution >= 4 is 17.7 Å². The van der Waals surface area contributed by atoms with Crippen molar-refractivity contribution in [2.24, 2.45) is 11.7 Å². The molecule has 4 rings (SSSR count). The second-order valence-electron chi connectivity index (χ2n) is 10.3. The predicted molar refractivity (Wildman–Crippen MR) is 143 cm³/mol. The number of morpholine rings is 1. The van der Waals surface area contributed by atoms with E-state index in [9.17, 15) is 14.4 Å². The van der Waals surface area contributed by atoms with E-state index in [0.717, 1.165) is 25.2 Å². The maximum atomic E-state index is 13.2. The maximum absolute atomic E-state index is 13.2. The Kier molecular flexibility index (Phi) is 8.89. The van der Waals surface area contributed by atoms with Crippen LogP contribution in [0.15, 0.2) is 58.6 Å². The second-order valence-corrected chi connectivity index (χ2v) is 10.3. The van der Waals surface area contributed by atoms with Crippen molar-refractivity contribution in [2.75, 3.05) is 52.6 Å². The first-order chi connectivity index (χ1) is 18.3. The van der Waals surface area contributed by atoms with Gasteiger partial charge >= 0.3 is 5.97 Å².